The summed E-state index contributed by atoms with van der Waals surface area (Å²) < 4.78 is 0. The fourth-order valence-electron chi connectivity index (χ4n) is 2.81. The second kappa shape index (κ2) is 8.56. The summed E-state index contributed by atoms with van der Waals surface area (Å²) >= 11 is 0. The van der Waals surface area contributed by atoms with Crippen LogP contribution in [0.4, 0.5) is 5.69 Å². The third-order valence-corrected chi connectivity index (χ3v) is 4.31. The van der Waals surface area contributed by atoms with Gasteiger partial charge < -0.3 is 14.7 Å². The predicted molar refractivity (Wildman–Crippen MR) is 92.4 cm³/mol. The number of nitrogens with zero attached hydrogens (tertiary/aromatic N) is 3. The first-order valence-electron chi connectivity index (χ1n) is 8.45. The van der Waals surface area contributed by atoms with Gasteiger partial charge in [-0.2, -0.15) is 0 Å². The fourth-order valence-corrected chi connectivity index (χ4v) is 2.81. The van der Waals surface area contributed by atoms with E-state index in [1.165, 1.54) is 12.6 Å². The molecule has 0 unspecified atom stereocenters. The van der Waals surface area contributed by atoms with Crippen LogP contribution in [0.1, 0.15) is 26.7 Å². The third-order valence-electron chi connectivity index (χ3n) is 4.31. The number of unbranched alkanes of at least 4 members (excludes halogenated alkanes) is 1. The van der Waals surface area contributed by atoms with Crippen molar-refractivity contribution in [1.82, 2.24) is 9.80 Å². The molecule has 0 atom stereocenters. The fraction of sp³-hybridized carbons (Fsp3) is 0.556. The summed E-state index contributed by atoms with van der Waals surface area (Å²) in [6, 6.07) is 10.3. The highest BCUT2D eigenvalue weighted by molar-refractivity contribution is 5.84. The van der Waals surface area contributed by atoms with Crippen LogP contribution in [-0.4, -0.2) is 60.9 Å². The number of carbonyl (C=O) groups is 2. The Hall–Kier alpha value is -2.04. The molecule has 126 valence electrons. The van der Waals surface area contributed by atoms with E-state index >= 15 is 0 Å². The Morgan fingerprint density at radius 2 is 1.74 bits per heavy atom. The van der Waals surface area contributed by atoms with Gasteiger partial charge in [0.2, 0.25) is 11.8 Å². The number of piperazine rings is 1. The molecule has 1 aliphatic rings. The van der Waals surface area contributed by atoms with Crippen molar-refractivity contribution < 1.29 is 9.59 Å². The molecule has 23 heavy (non-hydrogen) atoms. The van der Waals surface area contributed by atoms with Crippen molar-refractivity contribution in [3.63, 3.8) is 0 Å². The molecule has 1 aliphatic heterocycles. The van der Waals surface area contributed by atoms with Gasteiger partial charge in [-0.1, -0.05) is 31.5 Å². The molecule has 2 rings (SSSR count). The van der Waals surface area contributed by atoms with Crippen LogP contribution in [0.2, 0.25) is 0 Å². The van der Waals surface area contributed by atoms with E-state index in [1.54, 1.807) is 4.90 Å². The monoisotopic (exact) mass is 317 g/mol. The molecule has 5 nitrogen and oxygen atoms in total. The molecule has 0 radical (unpaired) electrons. The summed E-state index contributed by atoms with van der Waals surface area (Å²) in [5.41, 5.74) is 1.20. The number of hydrogen-bond donors (Lipinski definition) is 0. The van der Waals surface area contributed by atoms with Crippen LogP contribution >= 0.6 is 0 Å². The first-order valence-corrected chi connectivity index (χ1v) is 8.45. The van der Waals surface area contributed by atoms with Crippen molar-refractivity contribution in [2.75, 3.05) is 44.2 Å². The number of amides is 2. The van der Waals surface area contributed by atoms with Gasteiger partial charge in [0.1, 0.15) is 0 Å². The maximum Gasteiger partial charge on any atom is 0.242 e. The summed E-state index contributed by atoms with van der Waals surface area (Å²) in [5.74, 6) is 0.0405. The number of carbonyl (C=O) groups excluding carboxylic acids is 2. The van der Waals surface area contributed by atoms with Gasteiger partial charge in [0, 0.05) is 45.3 Å². The minimum Gasteiger partial charge on any atom is -0.368 e. The highest BCUT2D eigenvalue weighted by Gasteiger charge is 2.23. The van der Waals surface area contributed by atoms with Crippen LogP contribution in [0.3, 0.4) is 0 Å². The largest absolute Gasteiger partial charge is 0.368 e. The Bertz CT molecular complexity index is 510. The second-order valence-electron chi connectivity index (χ2n) is 6.00. The summed E-state index contributed by atoms with van der Waals surface area (Å²) in [6.45, 7) is 7.61. The smallest absolute Gasteiger partial charge is 0.242 e. The molecule has 0 aromatic heterocycles. The van der Waals surface area contributed by atoms with Crippen molar-refractivity contribution in [2.24, 2.45) is 0 Å². The van der Waals surface area contributed by atoms with Gasteiger partial charge in [0.05, 0.1) is 6.54 Å². The quantitative estimate of drug-likeness (QED) is 0.806. The SMILES string of the molecule is CCCCN(CC(=O)N1CCN(c2ccccc2)CC1)C(C)=O. The Balaban J connectivity index is 1.84. The number of rotatable bonds is 6. The number of benzene rings is 1. The van der Waals surface area contributed by atoms with Gasteiger partial charge in [-0.25, -0.2) is 0 Å². The van der Waals surface area contributed by atoms with Gasteiger partial charge in [0.15, 0.2) is 0 Å². The maximum absolute atomic E-state index is 12.4. The highest BCUT2D eigenvalue weighted by Crippen LogP contribution is 2.15. The third kappa shape index (κ3) is 4.98. The summed E-state index contributed by atoms with van der Waals surface area (Å²) in [6.07, 6.45) is 1.96. The van der Waals surface area contributed by atoms with E-state index in [-0.39, 0.29) is 18.4 Å². The van der Waals surface area contributed by atoms with Gasteiger partial charge in [-0.3, -0.25) is 9.59 Å². The van der Waals surface area contributed by atoms with Crippen LogP contribution in [0.25, 0.3) is 0 Å². The van der Waals surface area contributed by atoms with Crippen molar-refractivity contribution in [3.05, 3.63) is 30.3 Å². The molecule has 1 heterocycles. The van der Waals surface area contributed by atoms with E-state index in [9.17, 15) is 9.59 Å². The molecule has 1 fully saturated rings. The van der Waals surface area contributed by atoms with Gasteiger partial charge in [0.25, 0.3) is 0 Å². The number of para-hydroxylation sites is 1. The molecule has 0 bridgehead atoms. The van der Waals surface area contributed by atoms with Crippen LogP contribution in [0, 0.1) is 0 Å². The summed E-state index contributed by atoms with van der Waals surface area (Å²) in [4.78, 5) is 29.9. The lowest BCUT2D eigenvalue weighted by Gasteiger charge is -2.37. The van der Waals surface area contributed by atoms with E-state index in [1.807, 2.05) is 23.1 Å². The Kier molecular flexibility index (Phi) is 6.44. The lowest BCUT2D eigenvalue weighted by atomic mass is 10.2. The lowest BCUT2D eigenvalue weighted by molar-refractivity contribution is -0.139. The molecule has 1 aromatic carbocycles. The molecular formula is C18H27N3O2. The molecular weight excluding hydrogens is 290 g/mol. The Morgan fingerprint density at radius 1 is 1.09 bits per heavy atom. The number of hydrogen-bond acceptors (Lipinski definition) is 3. The molecule has 2 amide bonds. The molecule has 0 spiro atoms. The van der Waals surface area contributed by atoms with Crippen molar-refractivity contribution >= 4 is 17.5 Å². The van der Waals surface area contributed by atoms with Crippen molar-refractivity contribution in [2.45, 2.75) is 26.7 Å². The molecule has 1 aromatic rings. The van der Waals surface area contributed by atoms with Gasteiger partial charge in [-0.15, -0.1) is 0 Å². The normalized spacial score (nSPS) is 14.7. The highest BCUT2D eigenvalue weighted by atomic mass is 16.2. The van der Waals surface area contributed by atoms with Crippen LogP contribution in [0.5, 0.6) is 0 Å². The topological polar surface area (TPSA) is 43.9 Å². The first kappa shape index (κ1) is 17.3. The first-order chi connectivity index (χ1) is 11.1. The number of anilines is 1. The standard InChI is InChI=1S/C18H27N3O2/c1-3-4-10-21(16(2)22)15-18(23)20-13-11-19(12-14-20)17-8-6-5-7-9-17/h5-9H,3-4,10-15H2,1-2H3. The minimum absolute atomic E-state index is 0.0188. The molecule has 0 saturated carbocycles. The molecule has 0 N–H and O–H groups in total. The van der Waals surface area contributed by atoms with Crippen molar-refractivity contribution in [3.8, 4) is 0 Å². The van der Waals surface area contributed by atoms with E-state index in [0.717, 1.165) is 25.9 Å². The molecule has 1 saturated heterocycles. The van der Waals surface area contributed by atoms with Crippen LogP contribution in [-0.2, 0) is 9.59 Å². The van der Waals surface area contributed by atoms with Gasteiger partial charge in [-0.05, 0) is 18.6 Å². The minimum atomic E-state index is -0.0188. The Morgan fingerprint density at radius 3 is 2.30 bits per heavy atom. The maximum atomic E-state index is 12.4. The van der Waals surface area contributed by atoms with E-state index in [2.05, 4.69) is 24.0 Å². The summed E-state index contributed by atoms with van der Waals surface area (Å²) in [5, 5.41) is 0. The average molecular weight is 317 g/mol. The molecule has 0 aliphatic carbocycles. The lowest BCUT2D eigenvalue weighted by Crippen LogP contribution is -2.51. The second-order valence-corrected chi connectivity index (χ2v) is 6.00. The van der Waals surface area contributed by atoms with Crippen LogP contribution < -0.4 is 4.90 Å². The zero-order valence-corrected chi connectivity index (χ0v) is 14.2. The zero-order chi connectivity index (χ0) is 16.7. The van der Waals surface area contributed by atoms with Crippen molar-refractivity contribution in [1.29, 1.82) is 0 Å². The predicted octanol–water partition coefficient (Wildman–Crippen LogP) is 1.98. The molecule has 5 heteroatoms. The zero-order valence-electron chi connectivity index (χ0n) is 14.2. The van der Waals surface area contributed by atoms with Crippen LogP contribution in [0.15, 0.2) is 30.3 Å². The van der Waals surface area contributed by atoms with E-state index < -0.39 is 0 Å². The summed E-state index contributed by atoms with van der Waals surface area (Å²) in [7, 11) is 0. The van der Waals surface area contributed by atoms with Gasteiger partial charge >= 0.3 is 0 Å². The Labute approximate surface area is 138 Å². The average Bonchev–Trinajstić information content (AvgIpc) is 2.59. The van der Waals surface area contributed by atoms with E-state index in [4.69, 9.17) is 0 Å². The van der Waals surface area contributed by atoms with E-state index in [0.29, 0.717) is 19.6 Å².